The molecule has 1 aromatic carbocycles. The SMILES string of the molecule is CC(=O)N1CCN(C(=O)c2cccc(N)c2)CC1. The smallest absolute Gasteiger partial charge is 0.254 e. The topological polar surface area (TPSA) is 66.6 Å². The normalized spacial score (nSPS) is 15.6. The summed E-state index contributed by atoms with van der Waals surface area (Å²) in [6.07, 6.45) is 0. The molecule has 1 fully saturated rings. The number of rotatable bonds is 1. The molecule has 1 heterocycles. The van der Waals surface area contributed by atoms with Crippen LogP contribution in [0.4, 0.5) is 5.69 Å². The third-order valence-corrected chi connectivity index (χ3v) is 3.15. The van der Waals surface area contributed by atoms with Crippen molar-refractivity contribution < 1.29 is 9.59 Å². The quantitative estimate of drug-likeness (QED) is 0.738. The van der Waals surface area contributed by atoms with Gasteiger partial charge in [0.2, 0.25) is 5.91 Å². The number of benzene rings is 1. The fraction of sp³-hybridized carbons (Fsp3) is 0.385. The fourth-order valence-corrected chi connectivity index (χ4v) is 2.08. The zero-order valence-corrected chi connectivity index (χ0v) is 10.4. The molecule has 2 amide bonds. The maximum absolute atomic E-state index is 12.2. The molecule has 1 aliphatic heterocycles. The minimum Gasteiger partial charge on any atom is -0.399 e. The van der Waals surface area contributed by atoms with Gasteiger partial charge in [0.05, 0.1) is 0 Å². The number of carbonyl (C=O) groups is 2. The number of hydrogen-bond acceptors (Lipinski definition) is 3. The van der Waals surface area contributed by atoms with E-state index in [1.165, 1.54) is 0 Å². The maximum atomic E-state index is 12.2. The van der Waals surface area contributed by atoms with Crippen LogP contribution in [0.2, 0.25) is 0 Å². The van der Waals surface area contributed by atoms with E-state index in [4.69, 9.17) is 5.73 Å². The number of nitrogen functional groups attached to an aromatic ring is 1. The highest BCUT2D eigenvalue weighted by atomic mass is 16.2. The van der Waals surface area contributed by atoms with Crippen molar-refractivity contribution in [2.75, 3.05) is 31.9 Å². The molecule has 18 heavy (non-hydrogen) atoms. The molecular weight excluding hydrogens is 230 g/mol. The van der Waals surface area contributed by atoms with E-state index in [9.17, 15) is 9.59 Å². The monoisotopic (exact) mass is 247 g/mol. The van der Waals surface area contributed by atoms with Gasteiger partial charge in [0.15, 0.2) is 0 Å². The van der Waals surface area contributed by atoms with Gasteiger partial charge < -0.3 is 15.5 Å². The Kier molecular flexibility index (Phi) is 3.50. The third kappa shape index (κ3) is 2.61. The molecule has 0 saturated carbocycles. The molecule has 0 aromatic heterocycles. The van der Waals surface area contributed by atoms with Crippen molar-refractivity contribution in [1.29, 1.82) is 0 Å². The summed E-state index contributed by atoms with van der Waals surface area (Å²) < 4.78 is 0. The Labute approximate surface area is 106 Å². The summed E-state index contributed by atoms with van der Waals surface area (Å²) in [6, 6.07) is 6.97. The Morgan fingerprint density at radius 2 is 1.72 bits per heavy atom. The summed E-state index contributed by atoms with van der Waals surface area (Å²) >= 11 is 0. The van der Waals surface area contributed by atoms with Crippen molar-refractivity contribution in [3.63, 3.8) is 0 Å². The first-order valence-corrected chi connectivity index (χ1v) is 5.98. The first kappa shape index (κ1) is 12.4. The number of hydrogen-bond donors (Lipinski definition) is 1. The lowest BCUT2D eigenvalue weighted by Gasteiger charge is -2.34. The van der Waals surface area contributed by atoms with Gasteiger partial charge in [-0.1, -0.05) is 6.07 Å². The Balaban J connectivity index is 2.02. The summed E-state index contributed by atoms with van der Waals surface area (Å²) in [6.45, 7) is 3.91. The molecule has 2 N–H and O–H groups in total. The van der Waals surface area contributed by atoms with Crippen LogP contribution in [0.5, 0.6) is 0 Å². The van der Waals surface area contributed by atoms with Gasteiger partial charge in [-0.2, -0.15) is 0 Å². The zero-order chi connectivity index (χ0) is 13.1. The minimum absolute atomic E-state index is 0.0227. The molecule has 96 valence electrons. The highest BCUT2D eigenvalue weighted by Crippen LogP contribution is 2.11. The standard InChI is InChI=1S/C13H17N3O2/c1-10(17)15-5-7-16(8-6-15)13(18)11-3-2-4-12(14)9-11/h2-4,9H,5-8,14H2,1H3. The zero-order valence-electron chi connectivity index (χ0n) is 10.4. The number of nitrogens with two attached hydrogens (primary N) is 1. The van der Waals surface area contributed by atoms with Gasteiger partial charge in [0.1, 0.15) is 0 Å². The summed E-state index contributed by atoms with van der Waals surface area (Å²) in [4.78, 5) is 26.9. The average molecular weight is 247 g/mol. The van der Waals surface area contributed by atoms with Crippen molar-refractivity contribution in [3.05, 3.63) is 29.8 Å². The molecule has 0 spiro atoms. The van der Waals surface area contributed by atoms with Crippen LogP contribution >= 0.6 is 0 Å². The molecule has 5 heteroatoms. The van der Waals surface area contributed by atoms with Crippen LogP contribution < -0.4 is 5.73 Å². The second-order valence-electron chi connectivity index (χ2n) is 4.42. The van der Waals surface area contributed by atoms with Gasteiger partial charge in [-0.3, -0.25) is 9.59 Å². The molecule has 0 radical (unpaired) electrons. The van der Waals surface area contributed by atoms with Crippen molar-refractivity contribution in [3.8, 4) is 0 Å². The van der Waals surface area contributed by atoms with Gasteiger partial charge in [-0.05, 0) is 18.2 Å². The van der Waals surface area contributed by atoms with Crippen LogP contribution in [-0.2, 0) is 4.79 Å². The van der Waals surface area contributed by atoms with Crippen LogP contribution in [-0.4, -0.2) is 47.8 Å². The highest BCUT2D eigenvalue weighted by molar-refractivity contribution is 5.95. The second-order valence-corrected chi connectivity index (χ2v) is 4.42. The third-order valence-electron chi connectivity index (χ3n) is 3.15. The van der Waals surface area contributed by atoms with Gasteiger partial charge in [0, 0.05) is 44.4 Å². The lowest BCUT2D eigenvalue weighted by molar-refractivity contribution is -0.130. The predicted molar refractivity (Wildman–Crippen MR) is 69.0 cm³/mol. The van der Waals surface area contributed by atoms with Crippen LogP contribution in [0.15, 0.2) is 24.3 Å². The van der Waals surface area contributed by atoms with E-state index in [1.807, 2.05) is 0 Å². The van der Waals surface area contributed by atoms with E-state index < -0.39 is 0 Å². The molecular formula is C13H17N3O2. The Morgan fingerprint density at radius 1 is 1.11 bits per heavy atom. The number of anilines is 1. The van der Waals surface area contributed by atoms with E-state index in [0.29, 0.717) is 37.4 Å². The van der Waals surface area contributed by atoms with E-state index >= 15 is 0 Å². The molecule has 2 rings (SSSR count). The molecule has 0 atom stereocenters. The Bertz CT molecular complexity index is 465. The average Bonchev–Trinajstić information content (AvgIpc) is 2.38. The highest BCUT2D eigenvalue weighted by Gasteiger charge is 2.23. The molecule has 1 aliphatic rings. The molecule has 0 aliphatic carbocycles. The van der Waals surface area contributed by atoms with Gasteiger partial charge in [-0.25, -0.2) is 0 Å². The van der Waals surface area contributed by atoms with E-state index in [2.05, 4.69) is 0 Å². The summed E-state index contributed by atoms with van der Waals surface area (Å²) in [7, 11) is 0. The number of carbonyl (C=O) groups excluding carboxylic acids is 2. The lowest BCUT2D eigenvalue weighted by atomic mass is 10.1. The van der Waals surface area contributed by atoms with E-state index in [-0.39, 0.29) is 11.8 Å². The van der Waals surface area contributed by atoms with Crippen molar-refractivity contribution >= 4 is 17.5 Å². The Hall–Kier alpha value is -2.04. The van der Waals surface area contributed by atoms with E-state index in [1.54, 1.807) is 41.0 Å². The largest absolute Gasteiger partial charge is 0.399 e. The van der Waals surface area contributed by atoms with Crippen LogP contribution in [0.1, 0.15) is 17.3 Å². The first-order valence-electron chi connectivity index (χ1n) is 5.98. The second kappa shape index (κ2) is 5.08. The van der Waals surface area contributed by atoms with Crippen molar-refractivity contribution in [1.82, 2.24) is 9.80 Å². The number of nitrogens with zero attached hydrogens (tertiary/aromatic N) is 2. The number of amides is 2. The van der Waals surface area contributed by atoms with Crippen LogP contribution in [0, 0.1) is 0 Å². The van der Waals surface area contributed by atoms with Crippen LogP contribution in [0.25, 0.3) is 0 Å². The number of piperazine rings is 1. The first-order chi connectivity index (χ1) is 8.58. The fourth-order valence-electron chi connectivity index (χ4n) is 2.08. The van der Waals surface area contributed by atoms with Crippen molar-refractivity contribution in [2.24, 2.45) is 0 Å². The summed E-state index contributed by atoms with van der Waals surface area (Å²) in [5, 5.41) is 0. The summed E-state index contributed by atoms with van der Waals surface area (Å²) in [5.74, 6) is 0.0385. The summed E-state index contributed by atoms with van der Waals surface area (Å²) in [5.41, 5.74) is 6.85. The van der Waals surface area contributed by atoms with Gasteiger partial charge in [0.25, 0.3) is 5.91 Å². The molecule has 5 nitrogen and oxygen atoms in total. The predicted octanol–water partition coefficient (Wildman–Crippen LogP) is 0.573. The van der Waals surface area contributed by atoms with Gasteiger partial charge >= 0.3 is 0 Å². The molecule has 1 aromatic rings. The molecule has 0 unspecified atom stereocenters. The molecule has 0 bridgehead atoms. The van der Waals surface area contributed by atoms with E-state index in [0.717, 1.165) is 0 Å². The van der Waals surface area contributed by atoms with Crippen molar-refractivity contribution in [2.45, 2.75) is 6.92 Å². The molecule has 1 saturated heterocycles. The van der Waals surface area contributed by atoms with Gasteiger partial charge in [-0.15, -0.1) is 0 Å². The lowest BCUT2D eigenvalue weighted by Crippen LogP contribution is -2.50. The van der Waals surface area contributed by atoms with Crippen LogP contribution in [0.3, 0.4) is 0 Å². The maximum Gasteiger partial charge on any atom is 0.254 e. The minimum atomic E-state index is -0.0227. The Morgan fingerprint density at radius 3 is 2.28 bits per heavy atom.